The molecule has 1 aliphatic heterocycles. The van der Waals surface area contributed by atoms with Gasteiger partial charge in [0.05, 0.1) is 0 Å². The molecule has 1 aromatic heterocycles. The normalized spacial score (nSPS) is 15.8. The van der Waals surface area contributed by atoms with Gasteiger partial charge in [-0.1, -0.05) is 13.0 Å². The van der Waals surface area contributed by atoms with Crippen molar-refractivity contribution >= 4 is 11.6 Å². The Morgan fingerprint density at radius 2 is 2.24 bits per heavy atom. The summed E-state index contributed by atoms with van der Waals surface area (Å²) in [4.78, 5) is 20.3. The van der Waals surface area contributed by atoms with Crippen LogP contribution in [0.15, 0.2) is 36.3 Å². The molecule has 2 heterocycles. The molecule has 0 saturated carbocycles. The summed E-state index contributed by atoms with van der Waals surface area (Å²) in [7, 11) is 1.98. The maximum atomic E-state index is 11.9. The van der Waals surface area contributed by atoms with Gasteiger partial charge in [-0.25, -0.2) is 4.98 Å². The highest BCUT2D eigenvalue weighted by Crippen LogP contribution is 2.20. The summed E-state index contributed by atoms with van der Waals surface area (Å²) >= 11 is 0. The van der Waals surface area contributed by atoms with Crippen LogP contribution in [0.1, 0.15) is 13.3 Å². The molecule has 0 spiro atoms. The van der Waals surface area contributed by atoms with Gasteiger partial charge in [0, 0.05) is 39.0 Å². The van der Waals surface area contributed by atoms with Crippen molar-refractivity contribution in [3.05, 3.63) is 36.3 Å². The predicted molar refractivity (Wildman–Crippen MR) is 67.6 cm³/mol. The van der Waals surface area contributed by atoms with E-state index in [1.165, 1.54) is 0 Å². The Labute approximate surface area is 102 Å². The van der Waals surface area contributed by atoms with E-state index in [-0.39, 0.29) is 5.78 Å². The second-order valence-corrected chi connectivity index (χ2v) is 4.11. The highest BCUT2D eigenvalue weighted by atomic mass is 16.1. The van der Waals surface area contributed by atoms with E-state index < -0.39 is 0 Å². The van der Waals surface area contributed by atoms with Gasteiger partial charge in [-0.15, -0.1) is 0 Å². The summed E-state index contributed by atoms with van der Waals surface area (Å²) in [6, 6.07) is 5.75. The van der Waals surface area contributed by atoms with Crippen LogP contribution >= 0.6 is 0 Å². The Kier molecular flexibility index (Phi) is 3.42. The first-order valence-electron chi connectivity index (χ1n) is 5.86. The lowest BCUT2D eigenvalue weighted by molar-refractivity contribution is -0.115. The fraction of sp³-hybridized carbons (Fsp3) is 0.385. The lowest BCUT2D eigenvalue weighted by atomic mass is 10.2. The summed E-state index contributed by atoms with van der Waals surface area (Å²) in [5.41, 5.74) is 0.736. The van der Waals surface area contributed by atoms with E-state index >= 15 is 0 Å². The molecule has 0 atom stereocenters. The van der Waals surface area contributed by atoms with E-state index in [1.54, 1.807) is 6.20 Å². The van der Waals surface area contributed by atoms with Gasteiger partial charge < -0.3 is 9.80 Å². The van der Waals surface area contributed by atoms with E-state index in [1.807, 2.05) is 48.2 Å². The molecule has 4 nitrogen and oxygen atoms in total. The van der Waals surface area contributed by atoms with Gasteiger partial charge in [0.25, 0.3) is 0 Å². The fourth-order valence-electron chi connectivity index (χ4n) is 1.88. The first-order chi connectivity index (χ1) is 8.22. The van der Waals surface area contributed by atoms with Crippen molar-refractivity contribution in [3.63, 3.8) is 0 Å². The van der Waals surface area contributed by atoms with Gasteiger partial charge in [0.15, 0.2) is 5.78 Å². The zero-order valence-electron chi connectivity index (χ0n) is 10.3. The van der Waals surface area contributed by atoms with E-state index in [0.29, 0.717) is 6.42 Å². The molecule has 0 bridgehead atoms. The number of rotatable bonds is 3. The van der Waals surface area contributed by atoms with Crippen LogP contribution < -0.4 is 4.90 Å². The van der Waals surface area contributed by atoms with Crippen LogP contribution in [0.25, 0.3) is 0 Å². The summed E-state index contributed by atoms with van der Waals surface area (Å²) in [6.07, 6.45) is 4.18. The third-order valence-corrected chi connectivity index (χ3v) is 2.84. The summed E-state index contributed by atoms with van der Waals surface area (Å²) in [5, 5.41) is 0. The van der Waals surface area contributed by atoms with Crippen molar-refractivity contribution < 1.29 is 4.79 Å². The van der Waals surface area contributed by atoms with Gasteiger partial charge in [0.1, 0.15) is 11.5 Å². The number of likely N-dealkylation sites (N-methyl/N-ethyl adjacent to an activating group) is 1. The summed E-state index contributed by atoms with van der Waals surface area (Å²) in [6.45, 7) is 3.58. The minimum atomic E-state index is 0.155. The minimum absolute atomic E-state index is 0.155. The molecule has 0 unspecified atom stereocenters. The van der Waals surface area contributed by atoms with Gasteiger partial charge in [-0.3, -0.25) is 4.79 Å². The van der Waals surface area contributed by atoms with Crippen LogP contribution in [0.5, 0.6) is 0 Å². The van der Waals surface area contributed by atoms with Crippen molar-refractivity contribution in [2.24, 2.45) is 0 Å². The fourth-order valence-corrected chi connectivity index (χ4v) is 1.88. The number of carbonyl (C=O) groups is 1. The molecule has 0 N–H and O–H groups in total. The van der Waals surface area contributed by atoms with Crippen molar-refractivity contribution in [1.82, 2.24) is 9.88 Å². The van der Waals surface area contributed by atoms with E-state index in [2.05, 4.69) is 4.98 Å². The number of Topliss-reactive ketones (excluding diaryl/α,β-unsaturated/α-hetero) is 1. The highest BCUT2D eigenvalue weighted by Gasteiger charge is 2.22. The molecule has 0 saturated heterocycles. The molecular formula is C13H17N3O. The zero-order valence-corrected chi connectivity index (χ0v) is 10.3. The lowest BCUT2D eigenvalue weighted by Gasteiger charge is -2.33. The average Bonchev–Trinajstić information content (AvgIpc) is 2.38. The van der Waals surface area contributed by atoms with Crippen molar-refractivity contribution in [2.45, 2.75) is 13.3 Å². The van der Waals surface area contributed by atoms with Crippen molar-refractivity contribution in [2.75, 3.05) is 25.0 Å². The van der Waals surface area contributed by atoms with Gasteiger partial charge in [-0.05, 0) is 12.1 Å². The Morgan fingerprint density at radius 1 is 1.41 bits per heavy atom. The number of hydrogen-bond donors (Lipinski definition) is 0. The quantitative estimate of drug-likeness (QED) is 0.792. The maximum Gasteiger partial charge on any atom is 0.180 e. The standard InChI is InChI=1S/C13H17N3O/c1-3-12(17)11-10-15(2)8-9-16(11)13-6-4-5-7-14-13/h4-7,10H,3,8-9H2,1-2H3. The van der Waals surface area contributed by atoms with Crippen LogP contribution in [0, 0.1) is 0 Å². The smallest absolute Gasteiger partial charge is 0.180 e. The highest BCUT2D eigenvalue weighted by molar-refractivity contribution is 5.98. The molecule has 4 heteroatoms. The van der Waals surface area contributed by atoms with Crippen LogP contribution in [-0.4, -0.2) is 35.8 Å². The molecule has 0 amide bonds. The third kappa shape index (κ3) is 2.46. The third-order valence-electron chi connectivity index (χ3n) is 2.84. The first-order valence-corrected chi connectivity index (χ1v) is 5.86. The molecule has 0 radical (unpaired) electrons. The van der Waals surface area contributed by atoms with Crippen LogP contribution in [-0.2, 0) is 4.79 Å². The number of hydrogen-bond acceptors (Lipinski definition) is 4. The lowest BCUT2D eigenvalue weighted by Crippen LogP contribution is -2.39. The Morgan fingerprint density at radius 3 is 2.88 bits per heavy atom. The Balaban J connectivity index is 2.33. The number of pyridine rings is 1. The van der Waals surface area contributed by atoms with Crippen LogP contribution in [0.3, 0.4) is 0 Å². The zero-order chi connectivity index (χ0) is 12.3. The average molecular weight is 231 g/mol. The molecule has 0 aromatic carbocycles. The van der Waals surface area contributed by atoms with Gasteiger partial charge in [0.2, 0.25) is 0 Å². The number of nitrogens with zero attached hydrogens (tertiary/aromatic N) is 3. The molecule has 0 aliphatic carbocycles. The van der Waals surface area contributed by atoms with E-state index in [9.17, 15) is 4.79 Å². The summed E-state index contributed by atoms with van der Waals surface area (Å²) < 4.78 is 0. The summed E-state index contributed by atoms with van der Waals surface area (Å²) in [5.74, 6) is 0.996. The topological polar surface area (TPSA) is 36.4 Å². The number of allylic oxidation sites excluding steroid dienone is 1. The predicted octanol–water partition coefficient (Wildman–Crippen LogP) is 1.65. The van der Waals surface area contributed by atoms with E-state index in [0.717, 1.165) is 24.6 Å². The molecular weight excluding hydrogens is 214 g/mol. The Bertz CT molecular complexity index is 428. The van der Waals surface area contributed by atoms with Crippen molar-refractivity contribution in [3.8, 4) is 0 Å². The number of carbonyl (C=O) groups excluding carboxylic acids is 1. The monoisotopic (exact) mass is 231 g/mol. The maximum absolute atomic E-state index is 11.9. The molecule has 90 valence electrons. The molecule has 17 heavy (non-hydrogen) atoms. The molecule has 2 rings (SSSR count). The molecule has 0 fully saturated rings. The number of anilines is 1. The number of ketones is 1. The van der Waals surface area contributed by atoms with Crippen LogP contribution in [0.4, 0.5) is 5.82 Å². The SMILES string of the molecule is CCC(=O)C1=CN(C)CCN1c1ccccn1. The second kappa shape index (κ2) is 4.99. The Hall–Kier alpha value is -1.84. The van der Waals surface area contributed by atoms with Gasteiger partial charge in [-0.2, -0.15) is 0 Å². The first kappa shape index (κ1) is 11.6. The largest absolute Gasteiger partial charge is 0.377 e. The van der Waals surface area contributed by atoms with Crippen LogP contribution in [0.2, 0.25) is 0 Å². The molecule has 1 aromatic rings. The van der Waals surface area contributed by atoms with Crippen molar-refractivity contribution in [1.29, 1.82) is 0 Å². The second-order valence-electron chi connectivity index (χ2n) is 4.11. The number of aromatic nitrogens is 1. The van der Waals surface area contributed by atoms with Gasteiger partial charge >= 0.3 is 0 Å². The molecule has 1 aliphatic rings. The van der Waals surface area contributed by atoms with E-state index in [4.69, 9.17) is 0 Å². The minimum Gasteiger partial charge on any atom is -0.377 e.